The molecule has 5 heteroatoms. The molecule has 1 heterocycles. The summed E-state index contributed by atoms with van der Waals surface area (Å²) in [7, 11) is 0. The Hall–Kier alpha value is -3.31. The molecule has 1 N–H and O–H groups in total. The molecule has 3 aromatic rings. The molecule has 1 amide bonds. The summed E-state index contributed by atoms with van der Waals surface area (Å²) in [6.45, 7) is 2.74. The van der Waals surface area contributed by atoms with Gasteiger partial charge in [-0.2, -0.15) is 0 Å². The number of carbonyl (C=O) groups is 1. The number of likely N-dealkylation sites (tertiary alicyclic amines) is 1. The predicted octanol–water partition coefficient (Wildman–Crippen LogP) is 5.41. The van der Waals surface area contributed by atoms with Gasteiger partial charge in [-0.1, -0.05) is 30.3 Å². The first-order valence-electron chi connectivity index (χ1n) is 11.8. The number of ether oxygens (including phenoxy) is 2. The van der Waals surface area contributed by atoms with Crippen LogP contribution in [0.2, 0.25) is 0 Å². The minimum absolute atomic E-state index is 0.111. The average molecular weight is 443 g/mol. The second-order valence-corrected chi connectivity index (χ2v) is 8.85. The second-order valence-electron chi connectivity index (χ2n) is 8.85. The molecular weight excluding hydrogens is 412 g/mol. The monoisotopic (exact) mass is 442 g/mol. The van der Waals surface area contributed by atoms with Gasteiger partial charge in [0, 0.05) is 31.2 Å². The van der Waals surface area contributed by atoms with E-state index in [1.165, 1.54) is 12.8 Å². The Morgan fingerprint density at radius 2 is 1.52 bits per heavy atom. The van der Waals surface area contributed by atoms with Crippen LogP contribution in [0.3, 0.4) is 0 Å². The molecule has 5 nitrogen and oxygen atoms in total. The zero-order valence-corrected chi connectivity index (χ0v) is 18.8. The van der Waals surface area contributed by atoms with E-state index in [-0.39, 0.29) is 12.0 Å². The van der Waals surface area contributed by atoms with Crippen molar-refractivity contribution < 1.29 is 14.3 Å². The summed E-state index contributed by atoms with van der Waals surface area (Å²) < 4.78 is 12.0. The van der Waals surface area contributed by atoms with E-state index >= 15 is 0 Å². The van der Waals surface area contributed by atoms with Crippen LogP contribution in [0.1, 0.15) is 41.6 Å². The van der Waals surface area contributed by atoms with E-state index in [0.717, 1.165) is 49.0 Å². The van der Waals surface area contributed by atoms with Gasteiger partial charge in [0.2, 0.25) is 0 Å². The van der Waals surface area contributed by atoms with Gasteiger partial charge >= 0.3 is 0 Å². The van der Waals surface area contributed by atoms with Gasteiger partial charge in [-0.05, 0) is 79.8 Å². The quantitative estimate of drug-likeness (QED) is 0.506. The normalized spacial score (nSPS) is 16.8. The number of rotatable bonds is 8. The van der Waals surface area contributed by atoms with Crippen molar-refractivity contribution in [2.45, 2.75) is 44.4 Å². The molecular formula is C28H30N2O3. The Kier molecular flexibility index (Phi) is 6.58. The molecule has 0 radical (unpaired) electrons. The smallest absolute Gasteiger partial charge is 0.251 e. The second kappa shape index (κ2) is 10.1. The van der Waals surface area contributed by atoms with E-state index in [4.69, 9.17) is 9.47 Å². The number of piperidine rings is 1. The Morgan fingerprint density at radius 3 is 2.24 bits per heavy atom. The largest absolute Gasteiger partial charge is 0.490 e. The Bertz CT molecular complexity index is 1060. The third-order valence-corrected chi connectivity index (χ3v) is 6.29. The highest BCUT2D eigenvalue weighted by Crippen LogP contribution is 2.30. The number of carbonyl (C=O) groups excluding carboxylic acids is 1. The maximum absolute atomic E-state index is 12.6. The van der Waals surface area contributed by atoms with Gasteiger partial charge in [0.05, 0.1) is 0 Å². The summed E-state index contributed by atoms with van der Waals surface area (Å²) in [5.41, 5.74) is 1.63. The summed E-state index contributed by atoms with van der Waals surface area (Å²) in [5.74, 6) is 2.24. The highest BCUT2D eigenvalue weighted by molar-refractivity contribution is 5.94. The van der Waals surface area contributed by atoms with Crippen molar-refractivity contribution in [1.29, 1.82) is 0 Å². The Morgan fingerprint density at radius 1 is 0.818 bits per heavy atom. The maximum Gasteiger partial charge on any atom is 0.251 e. The van der Waals surface area contributed by atoms with Crippen molar-refractivity contribution in [3.8, 4) is 17.2 Å². The van der Waals surface area contributed by atoms with E-state index in [0.29, 0.717) is 17.9 Å². The number of para-hydroxylation sites is 1. The molecule has 1 saturated heterocycles. The maximum atomic E-state index is 12.6. The minimum Gasteiger partial charge on any atom is -0.490 e. The molecule has 3 aromatic carbocycles. The highest BCUT2D eigenvalue weighted by atomic mass is 16.5. The Balaban J connectivity index is 1.11. The molecule has 2 fully saturated rings. The number of amides is 1. The third kappa shape index (κ3) is 5.93. The molecule has 1 aliphatic carbocycles. The van der Waals surface area contributed by atoms with Crippen molar-refractivity contribution in [1.82, 2.24) is 10.2 Å². The zero-order valence-electron chi connectivity index (χ0n) is 18.8. The van der Waals surface area contributed by atoms with E-state index in [1.54, 1.807) is 12.1 Å². The van der Waals surface area contributed by atoms with Crippen molar-refractivity contribution in [3.05, 3.63) is 90.0 Å². The summed E-state index contributed by atoms with van der Waals surface area (Å²) >= 11 is 0. The standard InChI is InChI=1S/C28H30N2O3/c31-28(22-9-13-25(14-10-22)32-24-6-2-1-3-7-24)29-20-21-5-4-8-27(19-21)33-26-15-17-30(18-16-26)23-11-12-23/h1-10,13-14,19,23,26H,11-12,15-18,20H2,(H,29,31). The van der Waals surface area contributed by atoms with Gasteiger partial charge in [0.25, 0.3) is 5.91 Å². The predicted molar refractivity (Wildman–Crippen MR) is 129 cm³/mol. The lowest BCUT2D eigenvalue weighted by atomic mass is 10.1. The lowest BCUT2D eigenvalue weighted by Gasteiger charge is -2.32. The van der Waals surface area contributed by atoms with Crippen LogP contribution in [0.5, 0.6) is 17.2 Å². The molecule has 170 valence electrons. The topological polar surface area (TPSA) is 50.8 Å². The molecule has 2 aliphatic rings. The lowest BCUT2D eigenvalue weighted by Crippen LogP contribution is -2.39. The first kappa shape index (κ1) is 21.5. The zero-order chi connectivity index (χ0) is 22.5. The van der Waals surface area contributed by atoms with E-state index in [1.807, 2.05) is 66.7 Å². The van der Waals surface area contributed by atoms with Crippen molar-refractivity contribution >= 4 is 5.91 Å². The van der Waals surface area contributed by atoms with Crippen LogP contribution in [0.15, 0.2) is 78.9 Å². The number of hydrogen-bond acceptors (Lipinski definition) is 4. The van der Waals surface area contributed by atoms with Crippen LogP contribution in [0, 0.1) is 0 Å². The molecule has 0 aromatic heterocycles. The molecule has 1 aliphatic heterocycles. The molecule has 0 unspecified atom stereocenters. The summed E-state index contributed by atoms with van der Waals surface area (Å²) in [5, 5.41) is 3.00. The number of benzene rings is 3. The fraction of sp³-hybridized carbons (Fsp3) is 0.321. The first-order valence-corrected chi connectivity index (χ1v) is 11.8. The molecule has 1 saturated carbocycles. The van der Waals surface area contributed by atoms with Gasteiger partial charge in [0.1, 0.15) is 23.4 Å². The van der Waals surface area contributed by atoms with Crippen molar-refractivity contribution in [2.24, 2.45) is 0 Å². The number of hydrogen-bond donors (Lipinski definition) is 1. The molecule has 0 atom stereocenters. The van der Waals surface area contributed by atoms with Gasteiger partial charge in [0.15, 0.2) is 0 Å². The summed E-state index contributed by atoms with van der Waals surface area (Å²) in [6.07, 6.45) is 5.18. The first-order chi connectivity index (χ1) is 16.2. The summed E-state index contributed by atoms with van der Waals surface area (Å²) in [6, 6.07) is 25.7. The van der Waals surface area contributed by atoms with Crippen LogP contribution in [-0.4, -0.2) is 36.0 Å². The van der Waals surface area contributed by atoms with Crippen LogP contribution >= 0.6 is 0 Å². The number of nitrogens with one attached hydrogen (secondary N) is 1. The van der Waals surface area contributed by atoms with Gasteiger partial charge in [-0.15, -0.1) is 0 Å². The lowest BCUT2D eigenvalue weighted by molar-refractivity contribution is 0.0946. The fourth-order valence-corrected chi connectivity index (χ4v) is 4.30. The summed E-state index contributed by atoms with van der Waals surface area (Å²) in [4.78, 5) is 15.2. The molecule has 33 heavy (non-hydrogen) atoms. The molecule has 0 spiro atoms. The fourth-order valence-electron chi connectivity index (χ4n) is 4.30. The SMILES string of the molecule is O=C(NCc1cccc(OC2CCN(C3CC3)CC2)c1)c1ccc(Oc2ccccc2)cc1. The Labute approximate surface area is 195 Å². The van der Waals surface area contributed by atoms with E-state index < -0.39 is 0 Å². The number of nitrogens with zero attached hydrogens (tertiary/aromatic N) is 1. The van der Waals surface area contributed by atoms with E-state index in [2.05, 4.69) is 10.2 Å². The average Bonchev–Trinajstić information content (AvgIpc) is 3.70. The van der Waals surface area contributed by atoms with E-state index in [9.17, 15) is 4.79 Å². The molecule has 0 bridgehead atoms. The molecule has 5 rings (SSSR count). The third-order valence-electron chi connectivity index (χ3n) is 6.29. The van der Waals surface area contributed by atoms with Crippen LogP contribution in [0.25, 0.3) is 0 Å². The van der Waals surface area contributed by atoms with Gasteiger partial charge in [-0.25, -0.2) is 0 Å². The van der Waals surface area contributed by atoms with Crippen LogP contribution < -0.4 is 14.8 Å². The van der Waals surface area contributed by atoms with Gasteiger partial charge in [-0.3, -0.25) is 4.79 Å². The van der Waals surface area contributed by atoms with Crippen LogP contribution in [-0.2, 0) is 6.54 Å². The van der Waals surface area contributed by atoms with Crippen LogP contribution in [0.4, 0.5) is 0 Å². The van der Waals surface area contributed by atoms with Crippen molar-refractivity contribution in [2.75, 3.05) is 13.1 Å². The van der Waals surface area contributed by atoms with Gasteiger partial charge < -0.3 is 19.7 Å². The minimum atomic E-state index is -0.111. The highest BCUT2D eigenvalue weighted by Gasteiger charge is 2.32. The van der Waals surface area contributed by atoms with Crippen molar-refractivity contribution in [3.63, 3.8) is 0 Å².